The van der Waals surface area contributed by atoms with Crippen molar-refractivity contribution >= 4 is 33.2 Å². The molecule has 0 bridgehead atoms. The standard InChI is InChI=1S/C24H30N4O5S/c1-2-33-21-9-11-22(12-10-21)34(31,32)27-16-14-26(15-17-27)18-23(29)25-19-5-7-20(8-6-19)28-13-3-4-24(28)30/h5-12H,2-4,13-18H2,1H3,(H,25,29). The highest BCUT2D eigenvalue weighted by molar-refractivity contribution is 7.89. The third kappa shape index (κ3) is 5.57. The van der Waals surface area contributed by atoms with Gasteiger partial charge in [0, 0.05) is 50.5 Å². The molecule has 2 saturated heterocycles. The van der Waals surface area contributed by atoms with Gasteiger partial charge in [-0.1, -0.05) is 0 Å². The molecule has 182 valence electrons. The van der Waals surface area contributed by atoms with E-state index in [4.69, 9.17) is 4.74 Å². The Morgan fingerprint density at radius 2 is 1.65 bits per heavy atom. The minimum Gasteiger partial charge on any atom is -0.494 e. The molecule has 2 amide bonds. The number of rotatable bonds is 8. The zero-order chi connectivity index (χ0) is 24.1. The minimum absolute atomic E-state index is 0.125. The van der Waals surface area contributed by atoms with Gasteiger partial charge in [0.05, 0.1) is 18.0 Å². The number of hydrogen-bond acceptors (Lipinski definition) is 6. The Morgan fingerprint density at radius 3 is 2.24 bits per heavy atom. The van der Waals surface area contributed by atoms with Crippen molar-refractivity contribution in [2.75, 3.05) is 56.1 Å². The number of nitrogens with zero attached hydrogens (tertiary/aromatic N) is 3. The lowest BCUT2D eigenvalue weighted by molar-refractivity contribution is -0.118. The summed E-state index contributed by atoms with van der Waals surface area (Å²) >= 11 is 0. The van der Waals surface area contributed by atoms with Crippen LogP contribution < -0.4 is 15.0 Å². The van der Waals surface area contributed by atoms with Gasteiger partial charge in [0.2, 0.25) is 21.8 Å². The quantitative estimate of drug-likeness (QED) is 0.614. The normalized spacial score (nSPS) is 17.7. The maximum absolute atomic E-state index is 12.9. The Hall–Kier alpha value is -2.95. The highest BCUT2D eigenvalue weighted by Gasteiger charge is 2.29. The van der Waals surface area contributed by atoms with Gasteiger partial charge in [0.15, 0.2) is 0 Å². The van der Waals surface area contributed by atoms with Gasteiger partial charge in [-0.15, -0.1) is 0 Å². The van der Waals surface area contributed by atoms with Crippen molar-refractivity contribution in [3.63, 3.8) is 0 Å². The number of nitrogens with one attached hydrogen (secondary N) is 1. The molecule has 0 radical (unpaired) electrons. The van der Waals surface area contributed by atoms with Crippen LogP contribution in [0.25, 0.3) is 0 Å². The molecule has 34 heavy (non-hydrogen) atoms. The van der Waals surface area contributed by atoms with Crippen LogP contribution >= 0.6 is 0 Å². The largest absolute Gasteiger partial charge is 0.494 e. The molecule has 9 nitrogen and oxygen atoms in total. The summed E-state index contributed by atoms with van der Waals surface area (Å²) in [6, 6.07) is 13.7. The summed E-state index contributed by atoms with van der Waals surface area (Å²) in [6.45, 7) is 4.89. The molecule has 0 atom stereocenters. The first-order valence-electron chi connectivity index (χ1n) is 11.5. The average molecular weight is 487 g/mol. The third-order valence-corrected chi connectivity index (χ3v) is 7.92. The molecule has 2 heterocycles. The highest BCUT2D eigenvalue weighted by atomic mass is 32.2. The molecule has 0 unspecified atom stereocenters. The van der Waals surface area contributed by atoms with E-state index in [1.54, 1.807) is 41.3 Å². The first-order valence-corrected chi connectivity index (χ1v) is 13.0. The van der Waals surface area contributed by atoms with Gasteiger partial charge in [-0.3, -0.25) is 14.5 Å². The number of amides is 2. The van der Waals surface area contributed by atoms with Crippen molar-refractivity contribution in [3.8, 4) is 5.75 Å². The lowest BCUT2D eigenvalue weighted by Crippen LogP contribution is -2.50. The molecule has 2 aliphatic heterocycles. The Morgan fingerprint density at radius 1 is 0.971 bits per heavy atom. The van der Waals surface area contributed by atoms with Gasteiger partial charge in [-0.2, -0.15) is 4.31 Å². The third-order valence-electron chi connectivity index (χ3n) is 6.01. The van der Waals surface area contributed by atoms with Crippen LogP contribution in [-0.2, 0) is 19.6 Å². The fourth-order valence-corrected chi connectivity index (χ4v) is 5.62. The summed E-state index contributed by atoms with van der Waals surface area (Å²) in [5.41, 5.74) is 1.50. The lowest BCUT2D eigenvalue weighted by Gasteiger charge is -2.33. The van der Waals surface area contributed by atoms with E-state index in [2.05, 4.69) is 5.32 Å². The molecule has 4 rings (SSSR count). The Bertz CT molecular complexity index is 1110. The zero-order valence-corrected chi connectivity index (χ0v) is 20.1. The van der Waals surface area contributed by atoms with Crippen molar-refractivity contribution in [1.29, 1.82) is 0 Å². The average Bonchev–Trinajstić information content (AvgIpc) is 3.26. The molecule has 2 fully saturated rings. The van der Waals surface area contributed by atoms with Crippen LogP contribution in [0.1, 0.15) is 19.8 Å². The number of ether oxygens (including phenoxy) is 1. The highest BCUT2D eigenvalue weighted by Crippen LogP contribution is 2.23. The van der Waals surface area contributed by atoms with Crippen molar-refractivity contribution in [2.24, 2.45) is 0 Å². The van der Waals surface area contributed by atoms with E-state index < -0.39 is 10.0 Å². The van der Waals surface area contributed by atoms with E-state index in [9.17, 15) is 18.0 Å². The van der Waals surface area contributed by atoms with Crippen LogP contribution in [0.4, 0.5) is 11.4 Å². The fraction of sp³-hybridized carbons (Fsp3) is 0.417. The van der Waals surface area contributed by atoms with Gasteiger partial charge < -0.3 is 15.0 Å². The smallest absolute Gasteiger partial charge is 0.243 e. The maximum Gasteiger partial charge on any atom is 0.243 e. The van der Waals surface area contributed by atoms with Crippen molar-refractivity contribution in [2.45, 2.75) is 24.7 Å². The van der Waals surface area contributed by atoms with Crippen LogP contribution in [0.3, 0.4) is 0 Å². The van der Waals surface area contributed by atoms with Gasteiger partial charge in [-0.05, 0) is 61.9 Å². The van der Waals surface area contributed by atoms with Crippen LogP contribution in [0.2, 0.25) is 0 Å². The Balaban J connectivity index is 1.26. The topological polar surface area (TPSA) is 99.3 Å². The summed E-state index contributed by atoms with van der Waals surface area (Å²) in [6.07, 6.45) is 1.44. The van der Waals surface area contributed by atoms with E-state index in [1.807, 2.05) is 24.0 Å². The summed E-state index contributed by atoms with van der Waals surface area (Å²) < 4.78 is 32.7. The SMILES string of the molecule is CCOc1ccc(S(=O)(=O)N2CCN(CC(=O)Nc3ccc(N4CCCC4=O)cc3)CC2)cc1. The van der Waals surface area contributed by atoms with Crippen molar-refractivity contribution < 1.29 is 22.7 Å². The van der Waals surface area contributed by atoms with Crippen LogP contribution in [0, 0.1) is 0 Å². The number of piperazine rings is 1. The molecular formula is C24H30N4O5S. The molecule has 10 heteroatoms. The zero-order valence-electron chi connectivity index (χ0n) is 19.3. The van der Waals surface area contributed by atoms with E-state index in [-0.39, 0.29) is 23.3 Å². The molecule has 0 aromatic heterocycles. The fourth-order valence-electron chi connectivity index (χ4n) is 4.20. The van der Waals surface area contributed by atoms with Gasteiger partial charge >= 0.3 is 0 Å². The van der Waals surface area contributed by atoms with E-state index >= 15 is 0 Å². The monoisotopic (exact) mass is 486 g/mol. The van der Waals surface area contributed by atoms with Gasteiger partial charge in [0.1, 0.15) is 5.75 Å². The number of carbonyl (C=O) groups excluding carboxylic acids is 2. The van der Waals surface area contributed by atoms with Crippen molar-refractivity contribution in [1.82, 2.24) is 9.21 Å². The molecule has 0 saturated carbocycles. The number of hydrogen-bond donors (Lipinski definition) is 1. The van der Waals surface area contributed by atoms with Crippen molar-refractivity contribution in [3.05, 3.63) is 48.5 Å². The molecular weight excluding hydrogens is 456 g/mol. The second-order valence-electron chi connectivity index (χ2n) is 8.33. The first-order chi connectivity index (χ1) is 16.4. The second-order valence-corrected chi connectivity index (χ2v) is 10.3. The van der Waals surface area contributed by atoms with E-state index in [1.165, 1.54) is 4.31 Å². The Labute approximate surface area is 200 Å². The van der Waals surface area contributed by atoms with Crippen LogP contribution in [0.15, 0.2) is 53.4 Å². The molecule has 0 aliphatic carbocycles. The predicted molar refractivity (Wildman–Crippen MR) is 129 cm³/mol. The molecule has 2 aromatic rings. The lowest BCUT2D eigenvalue weighted by atomic mass is 10.2. The summed E-state index contributed by atoms with van der Waals surface area (Å²) in [4.78, 5) is 28.3. The Kier molecular flexibility index (Phi) is 7.50. The van der Waals surface area contributed by atoms with Gasteiger partial charge in [-0.25, -0.2) is 8.42 Å². The van der Waals surface area contributed by atoms with E-state index in [0.717, 1.165) is 18.7 Å². The first kappa shape index (κ1) is 24.2. The minimum atomic E-state index is -3.59. The predicted octanol–water partition coefficient (Wildman–Crippen LogP) is 2.16. The maximum atomic E-state index is 12.9. The van der Waals surface area contributed by atoms with E-state index in [0.29, 0.717) is 50.6 Å². The molecule has 2 aliphatic rings. The van der Waals surface area contributed by atoms with Crippen LogP contribution in [-0.4, -0.2) is 75.3 Å². The molecule has 2 aromatic carbocycles. The molecule has 1 N–H and O–H groups in total. The summed E-state index contributed by atoms with van der Waals surface area (Å²) in [7, 11) is -3.59. The summed E-state index contributed by atoms with van der Waals surface area (Å²) in [5.74, 6) is 0.602. The second kappa shape index (κ2) is 10.5. The number of benzene rings is 2. The number of anilines is 2. The van der Waals surface area contributed by atoms with Gasteiger partial charge in [0.25, 0.3) is 0 Å². The summed E-state index contributed by atoms with van der Waals surface area (Å²) in [5, 5.41) is 2.87. The molecule has 0 spiro atoms. The van der Waals surface area contributed by atoms with Crippen LogP contribution in [0.5, 0.6) is 5.75 Å². The number of carbonyl (C=O) groups is 2. The number of sulfonamides is 1.